The Morgan fingerprint density at radius 3 is 2.33 bits per heavy atom. The first-order valence-corrected chi connectivity index (χ1v) is 8.64. The van der Waals surface area contributed by atoms with Crippen molar-refractivity contribution in [2.75, 3.05) is 26.4 Å². The van der Waals surface area contributed by atoms with Crippen LogP contribution < -0.4 is 9.47 Å². The van der Waals surface area contributed by atoms with Crippen LogP contribution in [0, 0.1) is 5.92 Å². The fraction of sp³-hybridized carbons (Fsp3) is 0.550. The molecule has 0 bridgehead atoms. The Bertz CT molecular complexity index is 487. The Morgan fingerprint density at radius 1 is 1.04 bits per heavy atom. The molecule has 0 radical (unpaired) electrons. The number of benzene rings is 1. The molecule has 4 heteroatoms. The third-order valence-electron chi connectivity index (χ3n) is 3.05. The lowest BCUT2D eigenvalue weighted by Gasteiger charge is -2.11. The zero-order valence-corrected chi connectivity index (χ0v) is 15.0. The van der Waals surface area contributed by atoms with Gasteiger partial charge in [-0.3, -0.25) is 0 Å². The molecule has 4 nitrogen and oxygen atoms in total. The average molecular weight is 334 g/mol. The van der Waals surface area contributed by atoms with Crippen molar-refractivity contribution in [1.82, 2.24) is 0 Å². The van der Waals surface area contributed by atoms with E-state index >= 15 is 0 Å². The Morgan fingerprint density at radius 2 is 1.71 bits per heavy atom. The zero-order valence-electron chi connectivity index (χ0n) is 15.0. The highest BCUT2D eigenvalue weighted by atomic mass is 16.5. The van der Waals surface area contributed by atoms with E-state index in [0.717, 1.165) is 18.8 Å². The van der Waals surface area contributed by atoms with E-state index in [-0.39, 0.29) is 6.61 Å². The molecule has 0 heterocycles. The Labute approximate surface area is 145 Å². The van der Waals surface area contributed by atoms with Gasteiger partial charge in [-0.1, -0.05) is 20.8 Å². The summed E-state index contributed by atoms with van der Waals surface area (Å²) in [5.74, 6) is 1.96. The first-order valence-electron chi connectivity index (χ1n) is 8.64. The van der Waals surface area contributed by atoms with E-state index < -0.39 is 6.10 Å². The average Bonchev–Trinajstić information content (AvgIpc) is 2.57. The molecule has 134 valence electrons. The van der Waals surface area contributed by atoms with Crippen molar-refractivity contribution < 1.29 is 19.3 Å². The second-order valence-corrected chi connectivity index (χ2v) is 5.91. The third-order valence-corrected chi connectivity index (χ3v) is 3.05. The van der Waals surface area contributed by atoms with E-state index in [1.54, 1.807) is 0 Å². The molecule has 24 heavy (non-hydrogen) atoms. The van der Waals surface area contributed by atoms with E-state index in [2.05, 4.69) is 26.5 Å². The van der Waals surface area contributed by atoms with Crippen LogP contribution in [0.1, 0.15) is 33.6 Å². The molecular formula is C20H30O4. The van der Waals surface area contributed by atoms with Gasteiger partial charge < -0.3 is 19.3 Å². The maximum absolute atomic E-state index is 9.87. The number of hydrogen-bond donors (Lipinski definition) is 1. The minimum absolute atomic E-state index is 0.255. The number of aliphatic hydroxyl groups is 1. The lowest BCUT2D eigenvalue weighted by atomic mass is 10.2. The number of ether oxygens (including phenoxy) is 3. The van der Waals surface area contributed by atoms with Gasteiger partial charge in [-0.2, -0.15) is 0 Å². The molecule has 1 aromatic carbocycles. The van der Waals surface area contributed by atoms with Gasteiger partial charge in [0.15, 0.2) is 0 Å². The van der Waals surface area contributed by atoms with Crippen molar-refractivity contribution >= 4 is 0 Å². The van der Waals surface area contributed by atoms with Gasteiger partial charge in [0.2, 0.25) is 0 Å². The highest BCUT2D eigenvalue weighted by molar-refractivity contribution is 5.31. The van der Waals surface area contributed by atoms with Crippen molar-refractivity contribution in [3.8, 4) is 11.5 Å². The van der Waals surface area contributed by atoms with E-state index in [1.807, 2.05) is 36.4 Å². The summed E-state index contributed by atoms with van der Waals surface area (Å²) >= 11 is 0. The van der Waals surface area contributed by atoms with Gasteiger partial charge in [0.1, 0.15) is 24.7 Å². The topological polar surface area (TPSA) is 47.9 Å². The van der Waals surface area contributed by atoms with Crippen molar-refractivity contribution in [3.63, 3.8) is 0 Å². The maximum Gasteiger partial charge on any atom is 0.119 e. The normalized spacial score (nSPS) is 11.7. The minimum Gasteiger partial charge on any atom is -0.491 e. The van der Waals surface area contributed by atoms with Crippen LogP contribution in [0.5, 0.6) is 11.5 Å². The predicted molar refractivity (Wildman–Crippen MR) is 96.7 cm³/mol. The molecule has 1 atom stereocenters. The standard InChI is InChI=1S/C20H30O4/c1-4-13-22-14-15-23-19-9-11-20(12-10-19)24-16-18(21)8-6-5-7-17(2)3/h6-7,9-12,17-18,21H,4,8,13-16H2,1-3H3. The molecular weight excluding hydrogens is 304 g/mol. The molecule has 0 spiro atoms. The number of rotatable bonds is 12. The van der Waals surface area contributed by atoms with Crippen LogP contribution in [0.2, 0.25) is 0 Å². The van der Waals surface area contributed by atoms with Gasteiger partial charge in [-0.05, 0) is 48.8 Å². The Kier molecular flexibility index (Phi) is 10.7. The van der Waals surface area contributed by atoms with Crippen molar-refractivity contribution in [1.29, 1.82) is 0 Å². The maximum atomic E-state index is 9.87. The van der Waals surface area contributed by atoms with Crippen LogP contribution in [-0.2, 0) is 4.74 Å². The molecule has 0 aliphatic carbocycles. The van der Waals surface area contributed by atoms with Crippen molar-refractivity contribution in [2.24, 2.45) is 5.92 Å². The van der Waals surface area contributed by atoms with Gasteiger partial charge in [-0.25, -0.2) is 0 Å². The van der Waals surface area contributed by atoms with Crippen LogP contribution in [-0.4, -0.2) is 37.6 Å². The molecule has 0 aliphatic heterocycles. The summed E-state index contributed by atoms with van der Waals surface area (Å²) in [6.45, 7) is 8.41. The Balaban J connectivity index is 2.25. The first-order chi connectivity index (χ1) is 11.6. The summed E-state index contributed by atoms with van der Waals surface area (Å²) in [5.41, 5.74) is 3.06. The summed E-state index contributed by atoms with van der Waals surface area (Å²) in [6, 6.07) is 7.38. The van der Waals surface area contributed by atoms with Gasteiger partial charge in [0, 0.05) is 13.0 Å². The summed E-state index contributed by atoms with van der Waals surface area (Å²) in [4.78, 5) is 0. The minimum atomic E-state index is -0.537. The van der Waals surface area contributed by atoms with E-state index in [9.17, 15) is 5.11 Å². The van der Waals surface area contributed by atoms with Crippen LogP contribution in [0.25, 0.3) is 0 Å². The molecule has 0 aromatic heterocycles. The molecule has 1 unspecified atom stereocenters. The molecule has 0 aliphatic rings. The van der Waals surface area contributed by atoms with Crippen LogP contribution in [0.3, 0.4) is 0 Å². The largest absolute Gasteiger partial charge is 0.491 e. The lowest BCUT2D eigenvalue weighted by Crippen LogP contribution is -2.16. The smallest absolute Gasteiger partial charge is 0.119 e. The van der Waals surface area contributed by atoms with Gasteiger partial charge >= 0.3 is 0 Å². The second kappa shape index (κ2) is 12.7. The quantitative estimate of drug-likeness (QED) is 0.464. The number of hydrogen-bond acceptors (Lipinski definition) is 4. The molecule has 0 saturated carbocycles. The molecule has 0 fully saturated rings. The Hall–Kier alpha value is -1.74. The van der Waals surface area contributed by atoms with E-state index in [0.29, 0.717) is 31.3 Å². The fourth-order valence-corrected chi connectivity index (χ4v) is 1.82. The molecule has 1 aromatic rings. The van der Waals surface area contributed by atoms with Gasteiger partial charge in [-0.15, -0.1) is 5.73 Å². The summed E-state index contributed by atoms with van der Waals surface area (Å²) in [7, 11) is 0. The predicted octanol–water partition coefficient (Wildman–Crippen LogP) is 3.99. The second-order valence-electron chi connectivity index (χ2n) is 5.91. The third kappa shape index (κ3) is 10.1. The van der Waals surface area contributed by atoms with E-state index in [1.165, 1.54) is 0 Å². The van der Waals surface area contributed by atoms with Crippen LogP contribution in [0.15, 0.2) is 42.1 Å². The lowest BCUT2D eigenvalue weighted by molar-refractivity contribution is 0.100. The summed E-state index contributed by atoms with van der Waals surface area (Å²) in [6.07, 6.45) is 4.82. The fourth-order valence-electron chi connectivity index (χ4n) is 1.82. The summed E-state index contributed by atoms with van der Waals surface area (Å²) in [5, 5.41) is 9.87. The summed E-state index contributed by atoms with van der Waals surface area (Å²) < 4.78 is 16.5. The zero-order chi connectivity index (χ0) is 17.6. The molecule has 0 saturated heterocycles. The van der Waals surface area contributed by atoms with Crippen molar-refractivity contribution in [2.45, 2.75) is 39.7 Å². The van der Waals surface area contributed by atoms with Crippen molar-refractivity contribution in [3.05, 3.63) is 42.1 Å². The monoisotopic (exact) mass is 334 g/mol. The van der Waals surface area contributed by atoms with Crippen LogP contribution >= 0.6 is 0 Å². The van der Waals surface area contributed by atoms with Crippen LogP contribution in [0.4, 0.5) is 0 Å². The van der Waals surface area contributed by atoms with Gasteiger partial charge in [0.05, 0.1) is 12.7 Å². The van der Waals surface area contributed by atoms with Gasteiger partial charge in [0.25, 0.3) is 0 Å². The number of aliphatic hydroxyl groups excluding tert-OH is 1. The van der Waals surface area contributed by atoms with E-state index in [4.69, 9.17) is 14.2 Å². The first kappa shape index (κ1) is 20.3. The highest BCUT2D eigenvalue weighted by Crippen LogP contribution is 2.17. The molecule has 1 N–H and O–H groups in total. The highest BCUT2D eigenvalue weighted by Gasteiger charge is 2.03. The molecule has 0 amide bonds. The SMILES string of the molecule is CCCOCCOc1ccc(OCC(O)CC=C=CC(C)C)cc1. The molecule has 1 rings (SSSR count).